The number of hydrogen-bond acceptors (Lipinski definition) is 20. The summed E-state index contributed by atoms with van der Waals surface area (Å²) >= 11 is 0. The van der Waals surface area contributed by atoms with Crippen LogP contribution in [-0.2, 0) is 87.9 Å². The maximum Gasteiger partial charge on any atom is 0.326 e. The number of aromatic hydroxyl groups is 1. The molecule has 3 aliphatic rings. The summed E-state index contributed by atoms with van der Waals surface area (Å²) in [5.74, 6) is -20.6. The summed E-state index contributed by atoms with van der Waals surface area (Å²) in [5, 5.41) is 93.0. The van der Waals surface area contributed by atoms with Gasteiger partial charge in [-0.2, -0.15) is 0 Å². The lowest BCUT2D eigenvalue weighted by atomic mass is 9.84. The number of phenols is 1. The second kappa shape index (κ2) is 47.1. The van der Waals surface area contributed by atoms with Crippen molar-refractivity contribution < 1.29 is 122 Å². The number of carboxylic acid groups (broad SMARTS) is 6. The van der Waals surface area contributed by atoms with Crippen molar-refractivity contribution in [3.8, 4) is 5.75 Å². The predicted molar refractivity (Wildman–Crippen MR) is 403 cm³/mol. The number of nitrogens with two attached hydrogens (primary N) is 1. The minimum Gasteiger partial charge on any atom is -0.508 e. The van der Waals surface area contributed by atoms with E-state index in [2.05, 4.69) is 53.2 Å². The van der Waals surface area contributed by atoms with Gasteiger partial charge < -0.3 is 104 Å². The van der Waals surface area contributed by atoms with Crippen LogP contribution in [0.1, 0.15) is 204 Å². The van der Waals surface area contributed by atoms with Gasteiger partial charge in [0, 0.05) is 63.8 Å². The zero-order chi connectivity index (χ0) is 84.3. The highest BCUT2D eigenvalue weighted by Crippen LogP contribution is 2.29. The minimum absolute atomic E-state index is 0.0117. The van der Waals surface area contributed by atoms with E-state index in [-0.39, 0.29) is 82.0 Å². The molecule has 2 aliphatic heterocycles. The van der Waals surface area contributed by atoms with Crippen LogP contribution in [0.15, 0.2) is 48.5 Å². The van der Waals surface area contributed by atoms with Crippen molar-refractivity contribution >= 4 is 112 Å². The Labute approximate surface area is 658 Å². The van der Waals surface area contributed by atoms with E-state index >= 15 is 0 Å². The maximum atomic E-state index is 14.9. The Morgan fingerprint density at radius 1 is 0.456 bits per heavy atom. The quantitative estimate of drug-likeness (QED) is 0.0320. The van der Waals surface area contributed by atoms with Crippen molar-refractivity contribution in [1.29, 1.82) is 0 Å². The SMILES string of the molecule is CC[C@H](C)[C@H](NC(=O)[C@@H]1CCCN1C(=O)[C@H](CCC(=O)O)NC(=O)[C@H](Cc1ccc(O)cc1)NC(=O)[C@H](CC(=O)O)NC(=O)CCCCCCCNC(=O)c1ccccc1N)C(=O)N1CCC[C@H]1C(=O)N[C@@H](CCC(=O)O)C(=O)N[C@@H](CCC(=O)O)C(=O)N[C@@H](C)C(=O)N[C@@H](CC1CCCCC1)C(=O)N[C@H](CCC(=O)O)C(=O)O. The Morgan fingerprint density at radius 3 is 1.50 bits per heavy atom. The van der Waals surface area contributed by atoms with Crippen molar-refractivity contribution in [2.45, 2.75) is 261 Å². The van der Waals surface area contributed by atoms with Gasteiger partial charge in [0.05, 0.1) is 12.0 Å². The number of para-hydroxylation sites is 1. The number of aliphatic carboxylic acids is 6. The van der Waals surface area contributed by atoms with Gasteiger partial charge in [0.25, 0.3) is 5.91 Å². The number of nitrogens with one attached hydrogen (secondary N) is 10. The van der Waals surface area contributed by atoms with Crippen molar-refractivity contribution in [3.63, 3.8) is 0 Å². The molecular weight excluding hydrogens is 1490 g/mol. The number of carbonyl (C=O) groups excluding carboxylic acids is 12. The first-order chi connectivity index (χ1) is 54.1. The van der Waals surface area contributed by atoms with E-state index in [9.17, 15) is 117 Å². The molecule has 0 aromatic heterocycles. The number of anilines is 1. The van der Waals surface area contributed by atoms with Crippen molar-refractivity contribution in [3.05, 3.63) is 59.7 Å². The van der Waals surface area contributed by atoms with Crippen LogP contribution in [0.3, 0.4) is 0 Å². The Morgan fingerprint density at radius 2 is 0.930 bits per heavy atom. The number of rotatable bonds is 49. The van der Waals surface area contributed by atoms with E-state index in [0.717, 1.165) is 29.1 Å². The third-order valence-corrected chi connectivity index (χ3v) is 20.3. The van der Waals surface area contributed by atoms with Gasteiger partial charge in [-0.1, -0.05) is 95.9 Å². The van der Waals surface area contributed by atoms with Gasteiger partial charge in [-0.05, 0) is 119 Å². The average molecular weight is 1600 g/mol. The van der Waals surface area contributed by atoms with Crippen LogP contribution in [0.4, 0.5) is 5.69 Å². The fourth-order valence-electron chi connectivity index (χ4n) is 13.7. The highest BCUT2D eigenvalue weighted by Gasteiger charge is 2.45. The number of carboxylic acids is 6. The largest absolute Gasteiger partial charge is 0.508 e. The van der Waals surface area contributed by atoms with Crippen LogP contribution in [0.2, 0.25) is 0 Å². The summed E-state index contributed by atoms with van der Waals surface area (Å²) < 4.78 is 0. The van der Waals surface area contributed by atoms with Crippen molar-refractivity contribution in [1.82, 2.24) is 63.0 Å². The van der Waals surface area contributed by atoms with E-state index in [1.54, 1.807) is 38.1 Å². The summed E-state index contributed by atoms with van der Waals surface area (Å²) in [6.07, 6.45) is 0.855. The third-order valence-electron chi connectivity index (χ3n) is 20.3. The second-order valence-corrected chi connectivity index (χ2v) is 29.1. The summed E-state index contributed by atoms with van der Waals surface area (Å²) in [7, 11) is 0. The third kappa shape index (κ3) is 31.2. The number of nitrogen functional groups attached to an aromatic ring is 1. The number of amides is 12. The number of hydrogen-bond donors (Lipinski definition) is 18. The van der Waals surface area contributed by atoms with Gasteiger partial charge in [0.1, 0.15) is 72.2 Å². The number of unbranched alkanes of at least 4 members (excludes halogenated alkanes) is 4. The Hall–Kier alpha value is -11.5. The molecule has 1 saturated carbocycles. The lowest BCUT2D eigenvalue weighted by Gasteiger charge is -2.34. The zero-order valence-electron chi connectivity index (χ0n) is 64.3. The highest BCUT2D eigenvalue weighted by atomic mass is 16.4. The van der Waals surface area contributed by atoms with Crippen molar-refractivity contribution in [2.24, 2.45) is 11.8 Å². The molecule has 0 spiro atoms. The molecule has 2 aromatic rings. The molecule has 38 nitrogen and oxygen atoms in total. The van der Waals surface area contributed by atoms with E-state index in [1.165, 1.54) is 31.2 Å². The summed E-state index contributed by atoms with van der Waals surface area (Å²) in [4.78, 5) is 243. The molecule has 12 atom stereocenters. The predicted octanol–water partition coefficient (Wildman–Crippen LogP) is 0.688. The topological polar surface area (TPSA) is 602 Å². The molecular formula is C76H109N13O25. The van der Waals surface area contributed by atoms with Crippen LogP contribution >= 0.6 is 0 Å². The fourth-order valence-corrected chi connectivity index (χ4v) is 13.7. The Bertz CT molecular complexity index is 3740. The lowest BCUT2D eigenvalue weighted by molar-refractivity contribution is -0.146. The smallest absolute Gasteiger partial charge is 0.326 e. The fraction of sp³-hybridized carbons (Fsp3) is 0.605. The van der Waals surface area contributed by atoms with E-state index in [4.69, 9.17) is 10.8 Å². The van der Waals surface area contributed by atoms with E-state index < -0.39 is 231 Å². The number of nitrogens with zero attached hydrogens (tertiary/aromatic N) is 2. The van der Waals surface area contributed by atoms with Crippen molar-refractivity contribution in [2.75, 3.05) is 25.4 Å². The first kappa shape index (κ1) is 93.1. The highest BCUT2D eigenvalue weighted by molar-refractivity contribution is 6.01. The molecule has 3 fully saturated rings. The minimum atomic E-state index is -1.78. The van der Waals surface area contributed by atoms with Gasteiger partial charge in [-0.15, -0.1) is 0 Å². The first-order valence-electron chi connectivity index (χ1n) is 38.6. The molecule has 2 aromatic carbocycles. The van der Waals surface area contributed by atoms with Crippen LogP contribution in [0, 0.1) is 11.8 Å². The Balaban J connectivity index is 1.28. The maximum absolute atomic E-state index is 14.9. The molecule has 0 unspecified atom stereocenters. The molecule has 12 amide bonds. The van der Waals surface area contributed by atoms with Crippen LogP contribution < -0.4 is 58.9 Å². The first-order valence-corrected chi connectivity index (χ1v) is 38.6. The monoisotopic (exact) mass is 1600 g/mol. The van der Waals surface area contributed by atoms with Gasteiger partial charge in [-0.25, -0.2) is 4.79 Å². The molecule has 5 rings (SSSR count). The molecule has 114 heavy (non-hydrogen) atoms. The molecule has 0 bridgehead atoms. The number of likely N-dealkylation sites (tertiary alicyclic amines) is 2. The number of phenolic OH excluding ortho intramolecular Hbond substituents is 1. The van der Waals surface area contributed by atoms with Gasteiger partial charge in [-0.3, -0.25) is 81.5 Å². The zero-order valence-corrected chi connectivity index (χ0v) is 64.3. The standard InChI is InChI=1S/C76H109N13O25/c1-4-42(2)64(75(112)89-38-16-21-56(89)72(109)82-50(29-33-60(94)95)68(105)81-49(28-32-59(92)93)67(104)79-43(3)65(102)85-53(39-44-17-9-8-10-18-44)70(107)84-52(76(113)114)31-35-62(98)99)87-73(110)57-22-15-37-88(57)74(111)51(30-34-61(96)97)83-69(106)54(40-45-24-26-46(90)27-25-45)86-71(108)55(41-63(100)101)80-58(91)23-11-6-5-7-14-36-78-66(103)47-19-12-13-20-48(47)77/h12-13,19-20,24-27,42-44,49-57,64,90H,4-11,14-18,21-23,28-41,77H2,1-3H3,(H,78,103)(H,79,104)(H,80,91)(H,81,105)(H,82,109)(H,83,106)(H,84,107)(H,85,102)(H,86,108)(H,87,110)(H,92,93)(H,94,95)(H,96,97)(H,98,99)(H,100,101)(H,113,114)/t42-,43-,49-,50-,51-,52+,53-,54-,55-,56-,57-,64-/m0/s1. The van der Waals surface area contributed by atoms with Gasteiger partial charge in [0.2, 0.25) is 65.0 Å². The summed E-state index contributed by atoms with van der Waals surface area (Å²) in [5.41, 5.74) is 6.90. The molecule has 0 radical (unpaired) electrons. The van der Waals surface area contributed by atoms with Gasteiger partial charge >= 0.3 is 35.8 Å². The second-order valence-electron chi connectivity index (χ2n) is 29.1. The molecule has 2 heterocycles. The molecule has 628 valence electrons. The molecule has 2 saturated heterocycles. The molecule has 38 heteroatoms. The Kier molecular flexibility index (Phi) is 38.5. The molecule has 1 aliphatic carbocycles. The number of carbonyl (C=O) groups is 18. The summed E-state index contributed by atoms with van der Waals surface area (Å²) in [6.45, 7) is 4.68. The number of benzene rings is 2. The van der Waals surface area contributed by atoms with Crippen LogP contribution in [0.5, 0.6) is 5.75 Å². The van der Waals surface area contributed by atoms with Crippen LogP contribution in [0.25, 0.3) is 0 Å². The lowest BCUT2D eigenvalue weighted by Crippen LogP contribution is -2.61. The van der Waals surface area contributed by atoms with E-state index in [0.29, 0.717) is 68.3 Å². The molecule has 19 N–H and O–H groups in total. The van der Waals surface area contributed by atoms with Gasteiger partial charge in [0.15, 0.2) is 0 Å². The average Bonchev–Trinajstić information content (AvgIpc) is 1.61. The normalized spacial score (nSPS) is 17.3. The van der Waals surface area contributed by atoms with E-state index in [1.807, 2.05) is 0 Å². The van der Waals surface area contributed by atoms with Crippen LogP contribution in [-0.4, -0.2) is 238 Å². The summed E-state index contributed by atoms with van der Waals surface area (Å²) in [6, 6.07) is -5.37.